The molecule has 0 N–H and O–H groups in total. The number of nitro groups is 1. The zero-order chi connectivity index (χ0) is 18.7. The number of hydrogen-bond donors (Lipinski definition) is 0. The van der Waals surface area contributed by atoms with Crippen molar-refractivity contribution in [3.8, 4) is 17.1 Å². The van der Waals surface area contributed by atoms with Gasteiger partial charge in [-0.15, -0.1) is 10.2 Å². The Morgan fingerprint density at radius 1 is 1.19 bits per heavy atom. The van der Waals surface area contributed by atoms with Crippen LogP contribution in [0.1, 0.15) is 17.7 Å². The van der Waals surface area contributed by atoms with Crippen molar-refractivity contribution in [3.63, 3.8) is 0 Å². The highest BCUT2D eigenvalue weighted by molar-refractivity contribution is 7.99. The highest BCUT2D eigenvalue weighted by Gasteiger charge is 2.17. The van der Waals surface area contributed by atoms with Crippen LogP contribution in [0.5, 0.6) is 5.75 Å². The Bertz CT molecular complexity index is 924. The number of hydrogen-bond acceptors (Lipinski definition) is 6. The maximum Gasteiger partial charge on any atom is 0.269 e. The molecule has 3 aromatic rings. The first-order valence-corrected chi connectivity index (χ1v) is 8.82. The minimum Gasteiger partial charge on any atom is -0.497 e. The predicted octanol–water partition coefficient (Wildman–Crippen LogP) is 4.25. The number of ether oxygens (including phenoxy) is 1. The van der Waals surface area contributed by atoms with Crippen LogP contribution in [-0.4, -0.2) is 26.8 Å². The summed E-state index contributed by atoms with van der Waals surface area (Å²) in [6.45, 7) is 1.99. The van der Waals surface area contributed by atoms with Gasteiger partial charge in [0.25, 0.3) is 5.69 Å². The van der Waals surface area contributed by atoms with Crippen molar-refractivity contribution in [1.82, 2.24) is 14.8 Å². The van der Waals surface area contributed by atoms with Gasteiger partial charge >= 0.3 is 0 Å². The molecule has 0 aliphatic carbocycles. The van der Waals surface area contributed by atoms with Gasteiger partial charge in [0.15, 0.2) is 11.0 Å². The quantitative estimate of drug-likeness (QED) is 0.366. The van der Waals surface area contributed by atoms with E-state index >= 15 is 0 Å². The Labute approximate surface area is 155 Å². The van der Waals surface area contributed by atoms with Crippen LogP contribution in [-0.2, 0) is 7.05 Å². The van der Waals surface area contributed by atoms with Gasteiger partial charge in [-0.05, 0) is 36.8 Å². The van der Waals surface area contributed by atoms with Crippen LogP contribution in [0, 0.1) is 10.1 Å². The Kier molecular flexibility index (Phi) is 5.22. The van der Waals surface area contributed by atoms with Gasteiger partial charge in [0.2, 0.25) is 0 Å². The Balaban J connectivity index is 1.81. The average Bonchev–Trinajstić information content (AvgIpc) is 3.02. The lowest BCUT2D eigenvalue weighted by atomic mass is 10.1. The fourth-order valence-electron chi connectivity index (χ4n) is 2.53. The highest BCUT2D eigenvalue weighted by Crippen LogP contribution is 2.36. The number of methoxy groups -OCH3 is 1. The van der Waals surface area contributed by atoms with Gasteiger partial charge in [-0.25, -0.2) is 0 Å². The first-order valence-electron chi connectivity index (χ1n) is 7.94. The molecule has 0 saturated heterocycles. The number of thioether (sulfide) groups is 1. The summed E-state index contributed by atoms with van der Waals surface area (Å²) in [5.74, 6) is 1.53. The highest BCUT2D eigenvalue weighted by atomic mass is 32.2. The SMILES string of the molecule is COc1ccc(-c2nnc(S[C@@H](C)c3cccc([N+](=O)[O-])c3)n2C)cc1. The molecule has 0 aliphatic rings. The molecular formula is C18H18N4O3S. The van der Waals surface area contributed by atoms with Gasteiger partial charge in [0.05, 0.1) is 12.0 Å². The topological polar surface area (TPSA) is 83.1 Å². The molecule has 26 heavy (non-hydrogen) atoms. The summed E-state index contributed by atoms with van der Waals surface area (Å²) < 4.78 is 7.09. The largest absolute Gasteiger partial charge is 0.497 e. The maximum atomic E-state index is 11.0. The number of benzene rings is 2. The molecular weight excluding hydrogens is 352 g/mol. The van der Waals surface area contributed by atoms with E-state index in [9.17, 15) is 10.1 Å². The van der Waals surface area contributed by atoms with Crippen molar-refractivity contribution < 1.29 is 9.66 Å². The fraction of sp³-hybridized carbons (Fsp3) is 0.222. The van der Waals surface area contributed by atoms with Crippen LogP contribution >= 0.6 is 11.8 Å². The zero-order valence-corrected chi connectivity index (χ0v) is 15.4. The predicted molar refractivity (Wildman–Crippen MR) is 100 cm³/mol. The van der Waals surface area contributed by atoms with E-state index in [1.807, 2.05) is 48.9 Å². The number of non-ortho nitro benzene ring substituents is 1. The molecule has 8 heteroatoms. The number of nitrogens with zero attached hydrogens (tertiary/aromatic N) is 4. The summed E-state index contributed by atoms with van der Waals surface area (Å²) in [5, 5.41) is 20.2. The van der Waals surface area contributed by atoms with Crippen LogP contribution in [0.25, 0.3) is 11.4 Å². The lowest BCUT2D eigenvalue weighted by Crippen LogP contribution is -1.97. The van der Waals surface area contributed by atoms with Crippen LogP contribution in [0.2, 0.25) is 0 Å². The smallest absolute Gasteiger partial charge is 0.269 e. The third-order valence-electron chi connectivity index (χ3n) is 4.02. The third-order valence-corrected chi connectivity index (χ3v) is 5.21. The van der Waals surface area contributed by atoms with Crippen LogP contribution in [0.4, 0.5) is 5.69 Å². The molecule has 1 aromatic heterocycles. The summed E-state index contributed by atoms with van der Waals surface area (Å²) in [4.78, 5) is 10.6. The molecule has 134 valence electrons. The molecule has 0 aliphatic heterocycles. The van der Waals surface area contributed by atoms with E-state index in [4.69, 9.17) is 4.74 Å². The van der Waals surface area contributed by atoms with E-state index in [-0.39, 0.29) is 15.9 Å². The number of nitro benzene ring substituents is 1. The van der Waals surface area contributed by atoms with Gasteiger partial charge in [0.1, 0.15) is 5.75 Å². The molecule has 0 radical (unpaired) electrons. The van der Waals surface area contributed by atoms with E-state index in [0.29, 0.717) is 0 Å². The van der Waals surface area contributed by atoms with Crippen LogP contribution in [0.3, 0.4) is 0 Å². The second-order valence-electron chi connectivity index (χ2n) is 5.71. The average molecular weight is 370 g/mol. The molecule has 0 unspecified atom stereocenters. The zero-order valence-electron chi connectivity index (χ0n) is 14.6. The first-order chi connectivity index (χ1) is 12.5. The lowest BCUT2D eigenvalue weighted by Gasteiger charge is -2.11. The summed E-state index contributed by atoms with van der Waals surface area (Å²) in [5.41, 5.74) is 1.90. The van der Waals surface area contributed by atoms with Crippen molar-refractivity contribution in [2.75, 3.05) is 7.11 Å². The van der Waals surface area contributed by atoms with Crippen LogP contribution in [0.15, 0.2) is 53.7 Å². The molecule has 0 saturated carbocycles. The molecule has 0 amide bonds. The molecule has 0 spiro atoms. The summed E-state index contributed by atoms with van der Waals surface area (Å²) in [6.07, 6.45) is 0. The van der Waals surface area contributed by atoms with Crippen molar-refractivity contribution in [2.24, 2.45) is 7.05 Å². The second-order valence-corrected chi connectivity index (χ2v) is 7.01. The minimum atomic E-state index is -0.384. The summed E-state index contributed by atoms with van der Waals surface area (Å²) >= 11 is 1.51. The van der Waals surface area contributed by atoms with Gasteiger partial charge in [-0.1, -0.05) is 23.9 Å². The van der Waals surface area contributed by atoms with Gasteiger partial charge in [0, 0.05) is 30.0 Å². The molecule has 0 fully saturated rings. The monoisotopic (exact) mass is 370 g/mol. The van der Waals surface area contributed by atoms with Crippen molar-refractivity contribution in [1.29, 1.82) is 0 Å². The van der Waals surface area contributed by atoms with E-state index in [2.05, 4.69) is 10.2 Å². The normalized spacial score (nSPS) is 12.0. The van der Waals surface area contributed by atoms with Crippen LogP contribution < -0.4 is 4.74 Å². The van der Waals surface area contributed by atoms with Gasteiger partial charge < -0.3 is 9.30 Å². The fourth-order valence-corrected chi connectivity index (χ4v) is 3.46. The Morgan fingerprint density at radius 3 is 2.58 bits per heavy atom. The second kappa shape index (κ2) is 7.57. The standard InChI is InChI=1S/C18H18N4O3S/c1-12(14-5-4-6-15(11-14)22(23)24)26-18-20-19-17(21(18)2)13-7-9-16(25-3)10-8-13/h4-12H,1-3H3/t12-/m0/s1. The number of aromatic nitrogens is 3. The van der Waals surface area contributed by atoms with Gasteiger partial charge in [-0.2, -0.15) is 0 Å². The third kappa shape index (κ3) is 3.70. The van der Waals surface area contributed by atoms with E-state index in [1.165, 1.54) is 17.8 Å². The molecule has 3 rings (SSSR count). The molecule has 7 nitrogen and oxygen atoms in total. The van der Waals surface area contributed by atoms with Gasteiger partial charge in [-0.3, -0.25) is 10.1 Å². The van der Waals surface area contributed by atoms with Crippen molar-refractivity contribution in [3.05, 3.63) is 64.2 Å². The summed E-state index contributed by atoms with van der Waals surface area (Å²) in [7, 11) is 3.53. The Hall–Kier alpha value is -2.87. The van der Waals surface area contributed by atoms with Crippen molar-refractivity contribution in [2.45, 2.75) is 17.3 Å². The first kappa shape index (κ1) is 17.9. The molecule has 2 aromatic carbocycles. The lowest BCUT2D eigenvalue weighted by molar-refractivity contribution is -0.384. The number of rotatable bonds is 6. The van der Waals surface area contributed by atoms with E-state index in [1.54, 1.807) is 19.2 Å². The molecule has 0 bridgehead atoms. The summed E-state index contributed by atoms with van der Waals surface area (Å²) in [6, 6.07) is 14.3. The Morgan fingerprint density at radius 2 is 1.92 bits per heavy atom. The maximum absolute atomic E-state index is 11.0. The molecule has 1 atom stereocenters. The minimum absolute atomic E-state index is 0.00140. The van der Waals surface area contributed by atoms with E-state index < -0.39 is 0 Å². The van der Waals surface area contributed by atoms with Crippen molar-refractivity contribution >= 4 is 17.4 Å². The molecule has 1 heterocycles. The van der Waals surface area contributed by atoms with E-state index in [0.717, 1.165) is 27.9 Å².